The average molecular weight is 385 g/mol. The van der Waals surface area contributed by atoms with E-state index in [9.17, 15) is 9.59 Å². The van der Waals surface area contributed by atoms with Crippen LogP contribution in [0.4, 0.5) is 0 Å². The van der Waals surface area contributed by atoms with Crippen LogP contribution in [0.3, 0.4) is 0 Å². The van der Waals surface area contributed by atoms with Crippen LogP contribution in [-0.2, 0) is 19.1 Å². The maximum Gasteiger partial charge on any atom is 0.305 e. The van der Waals surface area contributed by atoms with Gasteiger partial charge in [-0.3, -0.25) is 9.59 Å². The molecule has 0 bridgehead atoms. The monoisotopic (exact) mass is 384 g/mol. The molecule has 0 fully saturated rings. The van der Waals surface area contributed by atoms with Crippen molar-refractivity contribution in [2.75, 3.05) is 6.61 Å². The van der Waals surface area contributed by atoms with Crippen molar-refractivity contribution in [2.24, 2.45) is 0 Å². The molecular formula is C23H44O4. The van der Waals surface area contributed by atoms with E-state index in [0.29, 0.717) is 19.4 Å². The lowest BCUT2D eigenvalue weighted by molar-refractivity contribution is -0.149. The number of esters is 2. The number of unbranched alkanes of at least 4 members (excludes halogenated alkanes) is 10. The fraction of sp³-hybridized carbons (Fsp3) is 0.913. The third kappa shape index (κ3) is 18.1. The summed E-state index contributed by atoms with van der Waals surface area (Å²) < 4.78 is 10.7. The maximum atomic E-state index is 11.7. The van der Waals surface area contributed by atoms with Crippen LogP contribution >= 0.6 is 0 Å². The van der Waals surface area contributed by atoms with E-state index in [0.717, 1.165) is 51.4 Å². The van der Waals surface area contributed by atoms with E-state index in [4.69, 9.17) is 9.47 Å². The van der Waals surface area contributed by atoms with E-state index in [2.05, 4.69) is 13.8 Å². The van der Waals surface area contributed by atoms with E-state index in [1.165, 1.54) is 38.5 Å². The number of carbonyl (C=O) groups excluding carboxylic acids is 2. The highest BCUT2D eigenvalue weighted by Gasteiger charge is 2.10. The predicted octanol–water partition coefficient (Wildman–Crippen LogP) is 6.74. The lowest BCUT2D eigenvalue weighted by Crippen LogP contribution is -2.16. The first-order valence-electron chi connectivity index (χ1n) is 11.5. The quantitative estimate of drug-likeness (QED) is 0.183. The molecule has 27 heavy (non-hydrogen) atoms. The van der Waals surface area contributed by atoms with E-state index < -0.39 is 0 Å². The summed E-state index contributed by atoms with van der Waals surface area (Å²) in [5.74, 6) is -0.143. The molecule has 0 rings (SSSR count). The Hall–Kier alpha value is -1.06. The van der Waals surface area contributed by atoms with Crippen molar-refractivity contribution >= 4 is 11.9 Å². The summed E-state index contributed by atoms with van der Waals surface area (Å²) in [6.45, 7) is 6.70. The highest BCUT2D eigenvalue weighted by atomic mass is 16.5. The van der Waals surface area contributed by atoms with Crippen molar-refractivity contribution in [2.45, 2.75) is 130 Å². The molecule has 0 N–H and O–H groups in total. The molecule has 0 spiro atoms. The molecule has 160 valence electrons. The molecule has 4 heteroatoms. The Bertz CT molecular complexity index is 354. The fourth-order valence-electron chi connectivity index (χ4n) is 3.10. The second kappa shape index (κ2) is 19.7. The highest BCUT2D eigenvalue weighted by Crippen LogP contribution is 2.13. The number of hydrogen-bond acceptors (Lipinski definition) is 4. The molecule has 0 aromatic heterocycles. The molecule has 0 aromatic carbocycles. The number of carbonyl (C=O) groups is 2. The third-order valence-electron chi connectivity index (χ3n) is 4.96. The molecule has 0 radical (unpaired) electrons. The van der Waals surface area contributed by atoms with Crippen molar-refractivity contribution in [1.82, 2.24) is 0 Å². The summed E-state index contributed by atoms with van der Waals surface area (Å²) in [6.07, 6.45) is 16.9. The van der Waals surface area contributed by atoms with Crippen LogP contribution in [0.5, 0.6) is 0 Å². The van der Waals surface area contributed by atoms with Crippen LogP contribution in [0.2, 0.25) is 0 Å². The van der Waals surface area contributed by atoms with E-state index in [1.54, 1.807) is 0 Å². The molecular weight excluding hydrogens is 340 g/mol. The van der Waals surface area contributed by atoms with Gasteiger partial charge in [0.25, 0.3) is 0 Å². The SMILES string of the molecule is CCCCCCCCCOC(=O)CCCCCCCC(CC)OC(=O)CC. The molecule has 0 aromatic rings. The Kier molecular flexibility index (Phi) is 18.9. The normalized spacial score (nSPS) is 12.0. The Balaban J connectivity index is 3.39. The van der Waals surface area contributed by atoms with Crippen LogP contribution in [0.25, 0.3) is 0 Å². The zero-order valence-corrected chi connectivity index (χ0v) is 18.2. The molecule has 0 aliphatic heterocycles. The third-order valence-corrected chi connectivity index (χ3v) is 4.96. The summed E-state index contributed by atoms with van der Waals surface area (Å²) in [6, 6.07) is 0. The van der Waals surface area contributed by atoms with Crippen molar-refractivity contribution in [3.63, 3.8) is 0 Å². The van der Waals surface area contributed by atoms with Crippen molar-refractivity contribution in [3.05, 3.63) is 0 Å². The molecule has 0 aliphatic rings. The second-order valence-electron chi connectivity index (χ2n) is 7.52. The Morgan fingerprint density at radius 3 is 1.93 bits per heavy atom. The van der Waals surface area contributed by atoms with Gasteiger partial charge in [0.1, 0.15) is 6.10 Å². The van der Waals surface area contributed by atoms with Gasteiger partial charge in [-0.2, -0.15) is 0 Å². The highest BCUT2D eigenvalue weighted by molar-refractivity contribution is 5.69. The van der Waals surface area contributed by atoms with Gasteiger partial charge >= 0.3 is 11.9 Å². The number of rotatable bonds is 19. The van der Waals surface area contributed by atoms with Gasteiger partial charge in [-0.25, -0.2) is 0 Å². The van der Waals surface area contributed by atoms with E-state index >= 15 is 0 Å². The van der Waals surface area contributed by atoms with Gasteiger partial charge in [0.15, 0.2) is 0 Å². The molecule has 0 saturated carbocycles. The summed E-state index contributed by atoms with van der Waals surface area (Å²) >= 11 is 0. The first kappa shape index (κ1) is 25.9. The standard InChI is InChI=1S/C23H44O4/c1-4-7-8-9-10-14-17-20-26-23(25)19-16-13-11-12-15-18-21(5-2)27-22(24)6-3/h21H,4-20H2,1-3H3. The van der Waals surface area contributed by atoms with Gasteiger partial charge in [0.05, 0.1) is 6.61 Å². The molecule has 0 saturated heterocycles. The van der Waals surface area contributed by atoms with E-state index in [1.807, 2.05) is 6.92 Å². The molecule has 0 heterocycles. The minimum absolute atomic E-state index is 0.0430. The van der Waals surface area contributed by atoms with Crippen molar-refractivity contribution in [3.8, 4) is 0 Å². The Morgan fingerprint density at radius 2 is 1.30 bits per heavy atom. The molecule has 1 unspecified atom stereocenters. The van der Waals surface area contributed by atoms with Gasteiger partial charge in [0, 0.05) is 12.8 Å². The topological polar surface area (TPSA) is 52.6 Å². The number of ether oxygens (including phenoxy) is 2. The van der Waals surface area contributed by atoms with E-state index in [-0.39, 0.29) is 18.0 Å². The average Bonchev–Trinajstić information content (AvgIpc) is 2.68. The zero-order chi connectivity index (χ0) is 20.2. The predicted molar refractivity (Wildman–Crippen MR) is 112 cm³/mol. The first-order chi connectivity index (χ1) is 13.1. The van der Waals surface area contributed by atoms with Crippen LogP contribution in [-0.4, -0.2) is 24.6 Å². The van der Waals surface area contributed by atoms with Crippen LogP contribution < -0.4 is 0 Å². The van der Waals surface area contributed by atoms with Gasteiger partial charge in [-0.05, 0) is 32.1 Å². The van der Waals surface area contributed by atoms with Crippen molar-refractivity contribution in [1.29, 1.82) is 0 Å². The number of hydrogen-bond donors (Lipinski definition) is 0. The van der Waals surface area contributed by atoms with Crippen molar-refractivity contribution < 1.29 is 19.1 Å². The van der Waals surface area contributed by atoms with Gasteiger partial charge in [-0.15, -0.1) is 0 Å². The maximum absolute atomic E-state index is 11.7. The lowest BCUT2D eigenvalue weighted by Gasteiger charge is -2.15. The summed E-state index contributed by atoms with van der Waals surface area (Å²) in [5.41, 5.74) is 0. The largest absolute Gasteiger partial charge is 0.466 e. The minimum atomic E-state index is -0.100. The first-order valence-corrected chi connectivity index (χ1v) is 11.5. The van der Waals surface area contributed by atoms with Crippen LogP contribution in [0.1, 0.15) is 124 Å². The second-order valence-corrected chi connectivity index (χ2v) is 7.52. The van der Waals surface area contributed by atoms with Gasteiger partial charge in [-0.1, -0.05) is 78.6 Å². The lowest BCUT2D eigenvalue weighted by atomic mass is 10.1. The van der Waals surface area contributed by atoms with Crippen LogP contribution in [0.15, 0.2) is 0 Å². The molecule has 0 aliphatic carbocycles. The zero-order valence-electron chi connectivity index (χ0n) is 18.2. The fourth-order valence-corrected chi connectivity index (χ4v) is 3.10. The molecule has 0 amide bonds. The summed E-state index contributed by atoms with van der Waals surface area (Å²) in [7, 11) is 0. The van der Waals surface area contributed by atoms with Gasteiger partial charge in [0.2, 0.25) is 0 Å². The molecule has 4 nitrogen and oxygen atoms in total. The van der Waals surface area contributed by atoms with Crippen LogP contribution in [0, 0.1) is 0 Å². The Morgan fingerprint density at radius 1 is 0.704 bits per heavy atom. The summed E-state index contributed by atoms with van der Waals surface area (Å²) in [4.78, 5) is 23.0. The minimum Gasteiger partial charge on any atom is -0.466 e. The van der Waals surface area contributed by atoms with Gasteiger partial charge < -0.3 is 9.47 Å². The summed E-state index contributed by atoms with van der Waals surface area (Å²) in [5, 5.41) is 0. The smallest absolute Gasteiger partial charge is 0.305 e. The Labute approximate surface area is 167 Å². The molecule has 1 atom stereocenters.